The summed E-state index contributed by atoms with van der Waals surface area (Å²) in [6.45, 7) is 6.86. The van der Waals surface area contributed by atoms with Crippen molar-refractivity contribution in [1.82, 2.24) is 0 Å². The first-order chi connectivity index (χ1) is 9.67. The van der Waals surface area contributed by atoms with Crippen molar-refractivity contribution in [2.45, 2.75) is 84.3 Å². The van der Waals surface area contributed by atoms with Gasteiger partial charge < -0.3 is 14.6 Å². The number of hydrogen-bond donors (Lipinski definition) is 1. The average molecular weight is 288 g/mol. The van der Waals surface area contributed by atoms with Gasteiger partial charge in [0.05, 0.1) is 18.8 Å². The summed E-state index contributed by atoms with van der Waals surface area (Å²) in [7, 11) is 0. The molecule has 120 valence electrons. The summed E-state index contributed by atoms with van der Waals surface area (Å²) in [5.41, 5.74) is 0. The molecule has 1 fully saturated rings. The predicted octanol–water partition coefficient (Wildman–Crippen LogP) is 3.46. The molecule has 1 saturated heterocycles. The highest BCUT2D eigenvalue weighted by Crippen LogP contribution is 2.19. The van der Waals surface area contributed by atoms with Crippen LogP contribution in [0, 0.1) is 0 Å². The van der Waals surface area contributed by atoms with Crippen LogP contribution in [0.5, 0.6) is 0 Å². The predicted molar refractivity (Wildman–Crippen MR) is 80.7 cm³/mol. The summed E-state index contributed by atoms with van der Waals surface area (Å²) in [6.07, 6.45) is 7.86. The first-order valence-corrected chi connectivity index (χ1v) is 8.09. The van der Waals surface area contributed by atoms with Gasteiger partial charge in [-0.2, -0.15) is 0 Å². The van der Waals surface area contributed by atoms with Crippen molar-refractivity contribution >= 4 is 5.97 Å². The standard InChI is InChI=1S/C12H22O4.C4H10/c1-2-3-4-5-12(14)15-9-11-7-6-10(8-13)16-11;1-3-4-2/h10-11,13H,2-9H2,1H3;3-4H2,1-2H3. The molecule has 0 radical (unpaired) electrons. The highest BCUT2D eigenvalue weighted by molar-refractivity contribution is 5.69. The fraction of sp³-hybridized carbons (Fsp3) is 0.938. The minimum atomic E-state index is -0.135. The molecule has 4 nitrogen and oxygen atoms in total. The van der Waals surface area contributed by atoms with E-state index in [2.05, 4.69) is 20.8 Å². The molecule has 0 saturated carbocycles. The third-order valence-electron chi connectivity index (χ3n) is 3.31. The van der Waals surface area contributed by atoms with Crippen molar-refractivity contribution in [3.05, 3.63) is 0 Å². The van der Waals surface area contributed by atoms with Crippen LogP contribution in [0.4, 0.5) is 0 Å². The fourth-order valence-corrected chi connectivity index (χ4v) is 1.81. The molecule has 1 N–H and O–H groups in total. The van der Waals surface area contributed by atoms with Gasteiger partial charge in [0, 0.05) is 6.42 Å². The quantitative estimate of drug-likeness (QED) is 0.549. The van der Waals surface area contributed by atoms with E-state index < -0.39 is 0 Å². The molecular weight excluding hydrogens is 256 g/mol. The molecule has 0 amide bonds. The van der Waals surface area contributed by atoms with Gasteiger partial charge >= 0.3 is 5.97 Å². The van der Waals surface area contributed by atoms with Gasteiger partial charge in [-0.3, -0.25) is 4.79 Å². The Morgan fingerprint density at radius 2 is 1.75 bits per heavy atom. The van der Waals surface area contributed by atoms with E-state index >= 15 is 0 Å². The second-order valence-electron chi connectivity index (χ2n) is 5.28. The SMILES string of the molecule is CCCC.CCCCCC(=O)OCC1CCC(CO)O1. The lowest BCUT2D eigenvalue weighted by atomic mass is 10.2. The Kier molecular flexibility index (Phi) is 13.0. The smallest absolute Gasteiger partial charge is 0.305 e. The summed E-state index contributed by atoms with van der Waals surface area (Å²) in [5, 5.41) is 8.87. The van der Waals surface area contributed by atoms with Crippen LogP contribution in [-0.4, -0.2) is 36.5 Å². The zero-order chi connectivity index (χ0) is 15.2. The minimum absolute atomic E-state index is 0.0210. The first-order valence-electron chi connectivity index (χ1n) is 8.09. The molecule has 0 aromatic rings. The number of aliphatic hydroxyl groups excluding tert-OH is 1. The number of hydrogen-bond acceptors (Lipinski definition) is 4. The Bertz CT molecular complexity index is 229. The minimum Gasteiger partial charge on any atom is -0.463 e. The number of rotatable bonds is 8. The van der Waals surface area contributed by atoms with E-state index in [1.807, 2.05) is 0 Å². The second-order valence-corrected chi connectivity index (χ2v) is 5.28. The Morgan fingerprint density at radius 3 is 2.25 bits per heavy atom. The maximum absolute atomic E-state index is 11.3. The maximum Gasteiger partial charge on any atom is 0.305 e. The molecule has 0 aliphatic carbocycles. The van der Waals surface area contributed by atoms with Crippen molar-refractivity contribution < 1.29 is 19.4 Å². The molecule has 0 bridgehead atoms. The monoisotopic (exact) mass is 288 g/mol. The molecule has 0 spiro atoms. The second kappa shape index (κ2) is 13.4. The van der Waals surface area contributed by atoms with Crippen molar-refractivity contribution in [1.29, 1.82) is 0 Å². The highest BCUT2D eigenvalue weighted by Gasteiger charge is 2.25. The number of carbonyl (C=O) groups excluding carboxylic acids is 1. The van der Waals surface area contributed by atoms with E-state index in [4.69, 9.17) is 14.6 Å². The van der Waals surface area contributed by atoms with Gasteiger partial charge in [-0.25, -0.2) is 0 Å². The summed E-state index contributed by atoms with van der Waals surface area (Å²) in [4.78, 5) is 11.3. The molecule has 20 heavy (non-hydrogen) atoms. The van der Waals surface area contributed by atoms with E-state index in [0.717, 1.165) is 32.1 Å². The lowest BCUT2D eigenvalue weighted by molar-refractivity contribution is -0.148. The Morgan fingerprint density at radius 1 is 1.10 bits per heavy atom. The molecule has 0 aromatic carbocycles. The number of unbranched alkanes of at least 4 members (excludes halogenated alkanes) is 3. The van der Waals surface area contributed by atoms with Crippen LogP contribution in [0.25, 0.3) is 0 Å². The molecule has 2 unspecified atom stereocenters. The van der Waals surface area contributed by atoms with Gasteiger partial charge in [0.25, 0.3) is 0 Å². The summed E-state index contributed by atoms with van der Waals surface area (Å²) in [5.74, 6) is -0.135. The van der Waals surface area contributed by atoms with Gasteiger partial charge in [0.1, 0.15) is 6.61 Å². The Labute approximate surface area is 123 Å². The van der Waals surface area contributed by atoms with Crippen molar-refractivity contribution in [2.24, 2.45) is 0 Å². The third-order valence-corrected chi connectivity index (χ3v) is 3.31. The molecule has 1 rings (SSSR count). The summed E-state index contributed by atoms with van der Waals surface area (Å²) < 4.78 is 10.6. The fourth-order valence-electron chi connectivity index (χ4n) is 1.81. The maximum atomic E-state index is 11.3. The van der Waals surface area contributed by atoms with Crippen molar-refractivity contribution in [2.75, 3.05) is 13.2 Å². The number of carbonyl (C=O) groups is 1. The van der Waals surface area contributed by atoms with Crippen molar-refractivity contribution in [3.63, 3.8) is 0 Å². The Balaban J connectivity index is 0.000000796. The number of aliphatic hydroxyl groups is 1. The zero-order valence-corrected chi connectivity index (χ0v) is 13.4. The van der Waals surface area contributed by atoms with E-state index in [1.165, 1.54) is 12.8 Å². The van der Waals surface area contributed by atoms with Crippen LogP contribution in [0.3, 0.4) is 0 Å². The largest absolute Gasteiger partial charge is 0.463 e. The summed E-state index contributed by atoms with van der Waals surface area (Å²) in [6, 6.07) is 0. The third kappa shape index (κ3) is 10.2. The molecule has 0 aromatic heterocycles. The number of esters is 1. The molecule has 1 heterocycles. The molecule has 2 atom stereocenters. The zero-order valence-electron chi connectivity index (χ0n) is 13.4. The molecule has 1 aliphatic heterocycles. The van der Waals surface area contributed by atoms with E-state index in [9.17, 15) is 4.79 Å². The van der Waals surface area contributed by atoms with E-state index in [-0.39, 0.29) is 24.8 Å². The first kappa shape index (κ1) is 19.4. The highest BCUT2D eigenvalue weighted by atomic mass is 16.6. The van der Waals surface area contributed by atoms with Crippen molar-refractivity contribution in [3.8, 4) is 0 Å². The van der Waals surface area contributed by atoms with Crippen LogP contribution < -0.4 is 0 Å². The van der Waals surface area contributed by atoms with Crippen LogP contribution >= 0.6 is 0 Å². The van der Waals surface area contributed by atoms with Crippen LogP contribution in [0.2, 0.25) is 0 Å². The summed E-state index contributed by atoms with van der Waals surface area (Å²) >= 11 is 0. The Hall–Kier alpha value is -0.610. The van der Waals surface area contributed by atoms with Gasteiger partial charge in [-0.05, 0) is 19.3 Å². The number of ether oxygens (including phenoxy) is 2. The normalized spacial score (nSPS) is 21.2. The topological polar surface area (TPSA) is 55.8 Å². The van der Waals surface area contributed by atoms with Gasteiger partial charge in [0.15, 0.2) is 0 Å². The lowest BCUT2D eigenvalue weighted by Gasteiger charge is -2.12. The average Bonchev–Trinajstić information content (AvgIpc) is 2.94. The van der Waals surface area contributed by atoms with E-state index in [0.29, 0.717) is 13.0 Å². The molecule has 1 aliphatic rings. The molecular formula is C16H32O4. The van der Waals surface area contributed by atoms with Crippen LogP contribution in [0.15, 0.2) is 0 Å². The van der Waals surface area contributed by atoms with Gasteiger partial charge in [-0.15, -0.1) is 0 Å². The van der Waals surface area contributed by atoms with Crippen LogP contribution in [0.1, 0.15) is 72.1 Å². The molecule has 4 heteroatoms. The van der Waals surface area contributed by atoms with E-state index in [1.54, 1.807) is 0 Å². The van der Waals surface area contributed by atoms with Gasteiger partial charge in [0.2, 0.25) is 0 Å². The van der Waals surface area contributed by atoms with Gasteiger partial charge in [-0.1, -0.05) is 46.5 Å². The van der Waals surface area contributed by atoms with Crippen LogP contribution in [-0.2, 0) is 14.3 Å². The lowest BCUT2D eigenvalue weighted by Crippen LogP contribution is -2.20.